The number of imidazole rings is 1. The second kappa shape index (κ2) is 10.4. The van der Waals surface area contributed by atoms with Crippen LogP contribution in [0.25, 0.3) is 0 Å². The summed E-state index contributed by atoms with van der Waals surface area (Å²) in [6.45, 7) is 3.59. The lowest BCUT2D eigenvalue weighted by Crippen LogP contribution is -2.44. The van der Waals surface area contributed by atoms with E-state index in [9.17, 15) is 0 Å². The highest BCUT2D eigenvalue weighted by atomic mass is 127. The second-order valence-electron chi connectivity index (χ2n) is 7.12. The fraction of sp³-hybridized carbons (Fsp3) is 0.304. The molecular weight excluding hydrogens is 473 g/mol. The van der Waals surface area contributed by atoms with Crippen LogP contribution in [0.15, 0.2) is 72.0 Å². The van der Waals surface area contributed by atoms with Gasteiger partial charge in [-0.3, -0.25) is 4.99 Å². The van der Waals surface area contributed by atoms with E-state index in [0.717, 1.165) is 50.8 Å². The van der Waals surface area contributed by atoms with Gasteiger partial charge in [-0.2, -0.15) is 0 Å². The zero-order chi connectivity index (χ0) is 19.2. The van der Waals surface area contributed by atoms with Gasteiger partial charge in [-0.15, -0.1) is 24.0 Å². The summed E-state index contributed by atoms with van der Waals surface area (Å²) in [7, 11) is 1.86. The minimum atomic E-state index is 0. The number of aliphatic imine (C=N–C) groups is 1. The molecule has 4 rings (SSSR count). The summed E-state index contributed by atoms with van der Waals surface area (Å²) in [5.41, 5.74) is 4.14. The smallest absolute Gasteiger partial charge is 0.193 e. The molecule has 3 aromatic rings. The Morgan fingerprint density at radius 3 is 2.62 bits per heavy atom. The molecular formula is C23H28IN5. The lowest BCUT2D eigenvalue weighted by atomic mass is 10.0. The third-order valence-corrected chi connectivity index (χ3v) is 5.27. The molecule has 0 spiro atoms. The van der Waals surface area contributed by atoms with Gasteiger partial charge in [-0.1, -0.05) is 54.6 Å². The van der Waals surface area contributed by atoms with Crippen LogP contribution in [-0.4, -0.2) is 40.5 Å². The number of nitrogens with one attached hydrogen (secondary N) is 1. The molecule has 1 N–H and O–H groups in total. The van der Waals surface area contributed by atoms with Crippen LogP contribution < -0.4 is 5.32 Å². The topological polar surface area (TPSA) is 45.5 Å². The number of aromatic nitrogens is 2. The van der Waals surface area contributed by atoms with Crippen LogP contribution in [0.4, 0.5) is 0 Å². The molecule has 29 heavy (non-hydrogen) atoms. The number of nitrogens with zero attached hydrogens (tertiary/aromatic N) is 4. The first kappa shape index (κ1) is 21.4. The molecule has 1 aromatic heterocycles. The second-order valence-corrected chi connectivity index (χ2v) is 7.12. The van der Waals surface area contributed by atoms with Crippen LogP contribution in [0.5, 0.6) is 0 Å². The molecule has 1 aliphatic rings. The predicted molar refractivity (Wildman–Crippen MR) is 129 cm³/mol. The number of fused-ring (bicyclic) bond motifs is 1. The van der Waals surface area contributed by atoms with Crippen molar-refractivity contribution < 1.29 is 0 Å². The van der Waals surface area contributed by atoms with Crippen LogP contribution in [0.2, 0.25) is 0 Å². The molecule has 0 saturated carbocycles. The Bertz CT molecular complexity index is 935. The van der Waals surface area contributed by atoms with E-state index in [0.29, 0.717) is 0 Å². The molecule has 0 radical (unpaired) electrons. The summed E-state index contributed by atoms with van der Waals surface area (Å²) >= 11 is 0. The van der Waals surface area contributed by atoms with Gasteiger partial charge in [0.05, 0.1) is 0 Å². The first-order chi connectivity index (χ1) is 13.8. The Morgan fingerprint density at radius 1 is 1.07 bits per heavy atom. The molecule has 0 saturated heterocycles. The Labute approximate surface area is 189 Å². The minimum absolute atomic E-state index is 0. The number of hydrogen-bond acceptors (Lipinski definition) is 2. The molecule has 5 nitrogen and oxygen atoms in total. The van der Waals surface area contributed by atoms with E-state index in [1.165, 1.54) is 16.7 Å². The highest BCUT2D eigenvalue weighted by molar-refractivity contribution is 14.0. The summed E-state index contributed by atoms with van der Waals surface area (Å²) in [6.07, 6.45) is 5.87. The molecule has 2 aromatic carbocycles. The first-order valence-corrected chi connectivity index (χ1v) is 9.90. The van der Waals surface area contributed by atoms with Crippen LogP contribution in [0, 0.1) is 0 Å². The van der Waals surface area contributed by atoms with Crippen molar-refractivity contribution in [1.82, 2.24) is 19.8 Å². The monoisotopic (exact) mass is 501 g/mol. The number of hydrogen-bond donors (Lipinski definition) is 1. The number of benzene rings is 2. The van der Waals surface area contributed by atoms with Crippen LogP contribution >= 0.6 is 24.0 Å². The van der Waals surface area contributed by atoms with Crippen molar-refractivity contribution in [3.05, 3.63) is 89.5 Å². The van der Waals surface area contributed by atoms with E-state index in [1.54, 1.807) is 0 Å². The zero-order valence-corrected chi connectivity index (χ0v) is 19.1. The van der Waals surface area contributed by atoms with Crippen molar-refractivity contribution in [3.63, 3.8) is 0 Å². The van der Waals surface area contributed by atoms with Gasteiger partial charge in [0.1, 0.15) is 5.82 Å². The Kier molecular flexibility index (Phi) is 7.69. The average molecular weight is 501 g/mol. The van der Waals surface area contributed by atoms with Crippen molar-refractivity contribution in [1.29, 1.82) is 0 Å². The average Bonchev–Trinajstić information content (AvgIpc) is 3.18. The van der Waals surface area contributed by atoms with Crippen LogP contribution in [-0.2, 0) is 25.9 Å². The Hall–Kier alpha value is -2.35. The van der Waals surface area contributed by atoms with Gasteiger partial charge in [-0.25, -0.2) is 4.98 Å². The third-order valence-electron chi connectivity index (χ3n) is 5.27. The number of rotatable bonds is 5. The fourth-order valence-electron chi connectivity index (χ4n) is 3.79. The van der Waals surface area contributed by atoms with Crippen molar-refractivity contribution in [3.8, 4) is 0 Å². The highest BCUT2D eigenvalue weighted by Crippen LogP contribution is 2.18. The van der Waals surface area contributed by atoms with Crippen LogP contribution in [0.3, 0.4) is 0 Å². The van der Waals surface area contributed by atoms with E-state index >= 15 is 0 Å². The van der Waals surface area contributed by atoms with E-state index in [1.807, 2.05) is 19.3 Å². The van der Waals surface area contributed by atoms with E-state index in [-0.39, 0.29) is 24.0 Å². The lowest BCUT2D eigenvalue weighted by molar-refractivity contribution is 0.379. The highest BCUT2D eigenvalue weighted by Gasteiger charge is 2.18. The molecule has 0 fully saturated rings. The Morgan fingerprint density at radius 2 is 1.83 bits per heavy atom. The molecule has 6 heteroatoms. The molecule has 1 aliphatic heterocycles. The van der Waals surface area contributed by atoms with Crippen LogP contribution in [0.1, 0.15) is 22.5 Å². The van der Waals surface area contributed by atoms with Crippen molar-refractivity contribution in [2.45, 2.75) is 25.9 Å². The molecule has 0 bridgehead atoms. The fourth-order valence-corrected chi connectivity index (χ4v) is 3.79. The first-order valence-electron chi connectivity index (χ1n) is 9.90. The molecule has 2 heterocycles. The summed E-state index contributed by atoms with van der Waals surface area (Å²) in [5, 5.41) is 3.52. The van der Waals surface area contributed by atoms with Gasteiger partial charge in [0.15, 0.2) is 5.96 Å². The van der Waals surface area contributed by atoms with Gasteiger partial charge in [0.2, 0.25) is 0 Å². The quantitative estimate of drug-likeness (QED) is 0.330. The lowest BCUT2D eigenvalue weighted by Gasteiger charge is -2.31. The van der Waals surface area contributed by atoms with Crippen molar-refractivity contribution >= 4 is 29.9 Å². The Balaban J connectivity index is 0.00000240. The molecule has 0 atom stereocenters. The van der Waals surface area contributed by atoms with Gasteiger partial charge >= 0.3 is 0 Å². The number of guanidine groups is 1. The maximum Gasteiger partial charge on any atom is 0.193 e. The molecule has 152 valence electrons. The minimum Gasteiger partial charge on any atom is -0.356 e. The summed E-state index contributed by atoms with van der Waals surface area (Å²) < 4.78 is 2.22. The summed E-state index contributed by atoms with van der Waals surface area (Å²) in [4.78, 5) is 11.4. The maximum atomic E-state index is 4.55. The van der Waals surface area contributed by atoms with E-state index in [2.05, 4.69) is 79.5 Å². The summed E-state index contributed by atoms with van der Waals surface area (Å²) in [6, 6.07) is 19.2. The van der Waals surface area contributed by atoms with Gasteiger partial charge < -0.3 is 14.8 Å². The number of halogens is 1. The predicted octanol–water partition coefficient (Wildman–Crippen LogP) is 3.73. The van der Waals surface area contributed by atoms with E-state index < -0.39 is 0 Å². The SMILES string of the molecule is CN=C(NCCc1nccn1Cc1ccccc1)N1CCc2ccccc2C1.I. The van der Waals surface area contributed by atoms with Gasteiger partial charge in [0, 0.05) is 52.0 Å². The molecule has 0 unspecified atom stereocenters. The summed E-state index contributed by atoms with van der Waals surface area (Å²) in [5.74, 6) is 2.06. The van der Waals surface area contributed by atoms with Gasteiger partial charge in [-0.05, 0) is 23.1 Å². The molecule has 0 amide bonds. The largest absolute Gasteiger partial charge is 0.356 e. The third kappa shape index (κ3) is 5.38. The normalized spacial score (nSPS) is 13.6. The zero-order valence-electron chi connectivity index (χ0n) is 16.8. The van der Waals surface area contributed by atoms with Crippen molar-refractivity contribution in [2.75, 3.05) is 20.1 Å². The molecule has 0 aliphatic carbocycles. The maximum absolute atomic E-state index is 4.55. The standard InChI is InChI=1S/C23H27N5.HI/c1-24-23(28-15-12-20-9-5-6-10-21(20)18-28)26-13-11-22-25-14-16-27(22)17-19-7-3-2-4-8-19;/h2-10,14,16H,11-13,15,17-18H2,1H3,(H,24,26);1H. The van der Waals surface area contributed by atoms with Gasteiger partial charge in [0.25, 0.3) is 0 Å². The van der Waals surface area contributed by atoms with Crippen molar-refractivity contribution in [2.24, 2.45) is 4.99 Å². The van der Waals surface area contributed by atoms with E-state index in [4.69, 9.17) is 0 Å².